The number of benzene rings is 2. The first-order chi connectivity index (χ1) is 12.6. The average Bonchev–Trinajstić information content (AvgIpc) is 3.33. The molecule has 0 spiro atoms. The molecule has 130 valence electrons. The molecule has 3 aliphatic rings. The van der Waals surface area contributed by atoms with Crippen LogP contribution in [0.2, 0.25) is 0 Å². The second-order valence-electron chi connectivity index (χ2n) is 6.04. The summed E-state index contributed by atoms with van der Waals surface area (Å²) < 4.78 is 23.7. The molecule has 0 radical (unpaired) electrons. The van der Waals surface area contributed by atoms with Gasteiger partial charge in [-0.05, 0) is 24.3 Å². The molecule has 0 N–H and O–H groups in total. The van der Waals surface area contributed by atoms with Gasteiger partial charge in [-0.2, -0.15) is 0 Å². The van der Waals surface area contributed by atoms with Crippen LogP contribution in [0.3, 0.4) is 0 Å². The minimum atomic E-state index is -1.02. The number of imide groups is 1. The van der Waals surface area contributed by atoms with Gasteiger partial charge in [0, 0.05) is 11.6 Å². The minimum absolute atomic E-state index is 0.0937. The van der Waals surface area contributed by atoms with Gasteiger partial charge in [-0.25, -0.2) is 9.29 Å². The summed E-state index contributed by atoms with van der Waals surface area (Å²) in [5.74, 6) is -1.19. The standard InChI is InChI=1S/C18H11FN2O5/c19-10-3-1-9(2-4-10)15-14-16(26-20-15)18(23)21(17(14)22)11-5-6-12-13(7-11)25-8-24-12/h1-7,14,16H,8H2/t14-,16+/m1/s1. The van der Waals surface area contributed by atoms with E-state index in [4.69, 9.17) is 14.3 Å². The molecule has 2 aromatic carbocycles. The molecule has 2 amide bonds. The topological polar surface area (TPSA) is 77.4 Å². The van der Waals surface area contributed by atoms with E-state index < -0.39 is 29.7 Å². The number of halogens is 1. The van der Waals surface area contributed by atoms with Crippen molar-refractivity contribution < 1.29 is 28.3 Å². The molecule has 1 saturated heterocycles. The molecule has 0 saturated carbocycles. The maximum atomic E-state index is 13.2. The van der Waals surface area contributed by atoms with Crippen molar-refractivity contribution in [2.24, 2.45) is 11.1 Å². The molecule has 8 heteroatoms. The van der Waals surface area contributed by atoms with Crippen molar-refractivity contribution in [1.82, 2.24) is 0 Å². The zero-order chi connectivity index (χ0) is 17.8. The second kappa shape index (κ2) is 5.29. The van der Waals surface area contributed by atoms with Crippen molar-refractivity contribution in [3.05, 3.63) is 53.8 Å². The van der Waals surface area contributed by atoms with E-state index in [-0.39, 0.29) is 6.79 Å². The first-order valence-electron chi connectivity index (χ1n) is 7.90. The lowest BCUT2D eigenvalue weighted by atomic mass is 9.94. The lowest BCUT2D eigenvalue weighted by Gasteiger charge is -2.15. The highest BCUT2D eigenvalue weighted by molar-refractivity contribution is 6.32. The van der Waals surface area contributed by atoms with E-state index in [1.54, 1.807) is 18.2 Å². The lowest BCUT2D eigenvalue weighted by molar-refractivity contribution is -0.126. The summed E-state index contributed by atoms with van der Waals surface area (Å²) >= 11 is 0. The van der Waals surface area contributed by atoms with E-state index in [0.29, 0.717) is 28.5 Å². The maximum absolute atomic E-state index is 13.2. The number of carbonyl (C=O) groups is 2. The number of rotatable bonds is 2. The molecule has 1 fully saturated rings. The molecule has 0 bridgehead atoms. The van der Waals surface area contributed by atoms with Gasteiger partial charge in [-0.1, -0.05) is 17.3 Å². The molecule has 3 heterocycles. The van der Waals surface area contributed by atoms with Crippen LogP contribution in [-0.4, -0.2) is 30.4 Å². The molecule has 5 rings (SSSR count). The van der Waals surface area contributed by atoms with Gasteiger partial charge < -0.3 is 14.3 Å². The monoisotopic (exact) mass is 354 g/mol. The fourth-order valence-electron chi connectivity index (χ4n) is 3.32. The van der Waals surface area contributed by atoms with E-state index in [9.17, 15) is 14.0 Å². The number of anilines is 1. The molecular weight excluding hydrogens is 343 g/mol. The van der Waals surface area contributed by atoms with Gasteiger partial charge in [0.15, 0.2) is 11.5 Å². The Kier molecular flexibility index (Phi) is 3.03. The molecule has 26 heavy (non-hydrogen) atoms. The molecule has 3 aliphatic heterocycles. The number of amides is 2. The third-order valence-corrected chi connectivity index (χ3v) is 4.57. The predicted octanol–water partition coefficient (Wildman–Crippen LogP) is 1.85. The van der Waals surface area contributed by atoms with E-state index >= 15 is 0 Å². The van der Waals surface area contributed by atoms with Crippen LogP contribution in [0, 0.1) is 11.7 Å². The number of fused-ring (bicyclic) bond motifs is 2. The van der Waals surface area contributed by atoms with E-state index in [2.05, 4.69) is 5.16 Å². The molecule has 0 aliphatic carbocycles. The minimum Gasteiger partial charge on any atom is -0.454 e. The Bertz CT molecular complexity index is 972. The summed E-state index contributed by atoms with van der Waals surface area (Å²) in [5, 5.41) is 3.89. The third-order valence-electron chi connectivity index (χ3n) is 4.57. The van der Waals surface area contributed by atoms with Crippen LogP contribution in [0.1, 0.15) is 5.56 Å². The number of oxime groups is 1. The number of ether oxygens (including phenoxy) is 2. The van der Waals surface area contributed by atoms with Crippen LogP contribution in [-0.2, 0) is 14.4 Å². The second-order valence-corrected chi connectivity index (χ2v) is 6.04. The number of carbonyl (C=O) groups excluding carboxylic acids is 2. The zero-order valence-corrected chi connectivity index (χ0v) is 13.2. The summed E-state index contributed by atoms with van der Waals surface area (Å²) in [6.45, 7) is 0.0937. The Labute approximate surface area is 146 Å². The highest BCUT2D eigenvalue weighted by atomic mass is 19.1. The first kappa shape index (κ1) is 14.9. The first-order valence-corrected chi connectivity index (χ1v) is 7.90. The Hall–Kier alpha value is -3.42. The van der Waals surface area contributed by atoms with Crippen molar-refractivity contribution in [2.75, 3.05) is 11.7 Å². The van der Waals surface area contributed by atoms with Crippen LogP contribution >= 0.6 is 0 Å². The fourth-order valence-corrected chi connectivity index (χ4v) is 3.32. The highest BCUT2D eigenvalue weighted by Gasteiger charge is 2.56. The Morgan fingerprint density at radius 3 is 2.58 bits per heavy atom. The summed E-state index contributed by atoms with van der Waals surface area (Å²) in [4.78, 5) is 31.9. The van der Waals surface area contributed by atoms with Crippen LogP contribution in [0.25, 0.3) is 0 Å². The van der Waals surface area contributed by atoms with Crippen molar-refractivity contribution in [3.8, 4) is 11.5 Å². The molecule has 2 aromatic rings. The molecule has 0 unspecified atom stereocenters. The van der Waals surface area contributed by atoms with Crippen LogP contribution in [0.5, 0.6) is 11.5 Å². The van der Waals surface area contributed by atoms with E-state index in [1.807, 2.05) is 0 Å². The van der Waals surface area contributed by atoms with Gasteiger partial charge in [0.1, 0.15) is 17.4 Å². The zero-order valence-electron chi connectivity index (χ0n) is 13.2. The number of hydrogen-bond donors (Lipinski definition) is 0. The van der Waals surface area contributed by atoms with Crippen LogP contribution in [0.15, 0.2) is 47.6 Å². The van der Waals surface area contributed by atoms with Crippen molar-refractivity contribution in [1.29, 1.82) is 0 Å². The van der Waals surface area contributed by atoms with Gasteiger partial charge in [-0.15, -0.1) is 0 Å². The Morgan fingerprint density at radius 2 is 1.77 bits per heavy atom. The predicted molar refractivity (Wildman–Crippen MR) is 86.4 cm³/mol. The highest BCUT2D eigenvalue weighted by Crippen LogP contribution is 2.40. The van der Waals surface area contributed by atoms with Gasteiger partial charge in [0.25, 0.3) is 5.91 Å². The largest absolute Gasteiger partial charge is 0.454 e. The molecular formula is C18H11FN2O5. The van der Waals surface area contributed by atoms with Gasteiger partial charge in [0.05, 0.1) is 5.69 Å². The summed E-state index contributed by atoms with van der Waals surface area (Å²) in [6.07, 6.45) is -1.02. The van der Waals surface area contributed by atoms with Crippen molar-refractivity contribution in [3.63, 3.8) is 0 Å². The number of hydrogen-bond acceptors (Lipinski definition) is 6. The van der Waals surface area contributed by atoms with Crippen LogP contribution < -0.4 is 14.4 Å². The molecule has 2 atom stereocenters. The van der Waals surface area contributed by atoms with Gasteiger partial charge >= 0.3 is 0 Å². The van der Waals surface area contributed by atoms with Gasteiger partial charge in [-0.3, -0.25) is 9.59 Å². The fraction of sp³-hybridized carbons (Fsp3) is 0.167. The maximum Gasteiger partial charge on any atom is 0.278 e. The van der Waals surface area contributed by atoms with Gasteiger partial charge in [0.2, 0.25) is 18.8 Å². The van der Waals surface area contributed by atoms with Crippen molar-refractivity contribution in [2.45, 2.75) is 6.10 Å². The normalized spacial score (nSPS) is 23.1. The quantitative estimate of drug-likeness (QED) is 0.769. The lowest BCUT2D eigenvalue weighted by Crippen LogP contribution is -2.33. The summed E-state index contributed by atoms with van der Waals surface area (Å²) in [5.41, 5.74) is 1.23. The van der Waals surface area contributed by atoms with E-state index in [0.717, 1.165) is 4.90 Å². The van der Waals surface area contributed by atoms with E-state index in [1.165, 1.54) is 24.3 Å². The third kappa shape index (κ3) is 2.01. The SMILES string of the molecule is O=C1[C@@H]2C(c3ccc(F)cc3)=NO[C@@H]2C(=O)N1c1ccc2c(c1)OCO2. The Morgan fingerprint density at radius 1 is 1.00 bits per heavy atom. The number of nitrogens with zero attached hydrogens (tertiary/aromatic N) is 2. The summed E-state index contributed by atoms with van der Waals surface area (Å²) in [6, 6.07) is 10.4. The smallest absolute Gasteiger partial charge is 0.278 e. The summed E-state index contributed by atoms with van der Waals surface area (Å²) in [7, 11) is 0. The molecule has 7 nitrogen and oxygen atoms in total. The van der Waals surface area contributed by atoms with Crippen molar-refractivity contribution >= 4 is 23.2 Å². The van der Waals surface area contributed by atoms with Crippen LogP contribution in [0.4, 0.5) is 10.1 Å². The Balaban J connectivity index is 1.50. The molecule has 0 aromatic heterocycles. The average molecular weight is 354 g/mol.